The van der Waals surface area contributed by atoms with Crippen LogP contribution in [0.4, 0.5) is 30.7 Å². The average Bonchev–Trinajstić information content (AvgIpc) is 2.83. The minimum Gasteiger partial charge on any atom is -0.206 e. The number of alkyl halides is 3. The summed E-state index contributed by atoms with van der Waals surface area (Å²) in [7, 11) is 0. The third kappa shape index (κ3) is 6.45. The second kappa shape index (κ2) is 11.8. The van der Waals surface area contributed by atoms with Gasteiger partial charge in [0.05, 0.1) is 5.56 Å². The lowest BCUT2D eigenvalue weighted by Crippen LogP contribution is -2.25. The van der Waals surface area contributed by atoms with E-state index >= 15 is 0 Å². The first kappa shape index (κ1) is 28.7. The van der Waals surface area contributed by atoms with Crippen LogP contribution >= 0.6 is 0 Å². The molecule has 7 heteroatoms. The van der Waals surface area contributed by atoms with Crippen molar-refractivity contribution in [2.75, 3.05) is 0 Å². The van der Waals surface area contributed by atoms with E-state index in [1.807, 2.05) is 6.08 Å². The van der Waals surface area contributed by atoms with Crippen LogP contribution in [0.25, 0.3) is 16.7 Å². The molecular weight excluding hydrogens is 505 g/mol. The van der Waals surface area contributed by atoms with E-state index in [-0.39, 0.29) is 0 Å². The van der Waals surface area contributed by atoms with Gasteiger partial charge in [-0.2, -0.15) is 13.2 Å². The molecule has 0 saturated heterocycles. The van der Waals surface area contributed by atoms with Gasteiger partial charge in [-0.25, -0.2) is 17.6 Å². The van der Waals surface area contributed by atoms with E-state index in [1.165, 1.54) is 38.5 Å². The molecule has 2 aromatic carbocycles. The van der Waals surface area contributed by atoms with Gasteiger partial charge in [-0.3, -0.25) is 0 Å². The molecule has 0 atom stereocenters. The second-order valence-electron chi connectivity index (χ2n) is 11.2. The van der Waals surface area contributed by atoms with Crippen molar-refractivity contribution in [3.8, 4) is 11.1 Å². The summed E-state index contributed by atoms with van der Waals surface area (Å²) < 4.78 is 96.4. The average molecular weight is 541 g/mol. The zero-order chi connectivity index (χ0) is 27.6. The van der Waals surface area contributed by atoms with Crippen molar-refractivity contribution >= 4 is 5.57 Å². The van der Waals surface area contributed by atoms with Crippen molar-refractivity contribution in [2.24, 2.45) is 23.7 Å². The Morgan fingerprint density at radius 1 is 0.763 bits per heavy atom. The molecule has 0 spiro atoms. The van der Waals surface area contributed by atoms with Crippen molar-refractivity contribution in [3.05, 3.63) is 64.7 Å². The molecule has 0 N–H and O–H groups in total. The number of hydrogen-bond acceptors (Lipinski definition) is 0. The number of benzene rings is 2. The molecule has 2 saturated carbocycles. The Bertz CT molecular complexity index is 1100. The van der Waals surface area contributed by atoms with Gasteiger partial charge in [0.1, 0.15) is 28.8 Å². The Balaban J connectivity index is 1.44. The van der Waals surface area contributed by atoms with Crippen LogP contribution in [0.15, 0.2) is 30.3 Å². The first-order chi connectivity index (χ1) is 18.0. The van der Waals surface area contributed by atoms with Crippen LogP contribution in [-0.2, 0) is 6.18 Å². The van der Waals surface area contributed by atoms with E-state index < -0.39 is 46.1 Å². The molecule has 2 aliphatic carbocycles. The Morgan fingerprint density at radius 2 is 1.26 bits per heavy atom. The summed E-state index contributed by atoms with van der Waals surface area (Å²) in [6.07, 6.45) is 9.09. The molecule has 0 aliphatic heterocycles. The first-order valence-electron chi connectivity index (χ1n) is 13.7. The highest BCUT2D eigenvalue weighted by atomic mass is 19.4. The summed E-state index contributed by atoms with van der Waals surface area (Å²) in [5, 5.41) is 0. The largest absolute Gasteiger partial charge is 0.422 e. The summed E-state index contributed by atoms with van der Waals surface area (Å²) in [5.41, 5.74) is -2.48. The zero-order valence-electron chi connectivity index (χ0n) is 21.9. The molecule has 0 unspecified atom stereocenters. The van der Waals surface area contributed by atoms with E-state index in [0.717, 1.165) is 55.6 Å². The third-order valence-corrected chi connectivity index (χ3v) is 8.67. The molecule has 2 aliphatic rings. The molecule has 2 fully saturated rings. The van der Waals surface area contributed by atoms with Gasteiger partial charge in [0, 0.05) is 0 Å². The van der Waals surface area contributed by atoms with Crippen LogP contribution < -0.4 is 0 Å². The summed E-state index contributed by atoms with van der Waals surface area (Å²) >= 11 is 0. The molecule has 0 aromatic heterocycles. The van der Waals surface area contributed by atoms with Crippen molar-refractivity contribution in [3.63, 3.8) is 0 Å². The first-order valence-corrected chi connectivity index (χ1v) is 13.7. The van der Waals surface area contributed by atoms with Crippen molar-refractivity contribution in [1.29, 1.82) is 0 Å². The predicted octanol–water partition coefficient (Wildman–Crippen LogP) is 10.7. The topological polar surface area (TPSA) is 0 Å². The Labute approximate surface area is 220 Å². The molecule has 2 aromatic rings. The van der Waals surface area contributed by atoms with Gasteiger partial charge in [0.15, 0.2) is 0 Å². The monoisotopic (exact) mass is 540 g/mol. The van der Waals surface area contributed by atoms with Crippen LogP contribution in [0, 0.1) is 46.9 Å². The quantitative estimate of drug-likeness (QED) is 0.320. The van der Waals surface area contributed by atoms with Gasteiger partial charge in [0.25, 0.3) is 0 Å². The van der Waals surface area contributed by atoms with E-state index in [0.29, 0.717) is 29.2 Å². The maximum atomic E-state index is 14.9. The zero-order valence-corrected chi connectivity index (χ0v) is 21.9. The Kier molecular flexibility index (Phi) is 8.93. The van der Waals surface area contributed by atoms with Gasteiger partial charge in [-0.05, 0) is 110 Å². The highest BCUT2D eigenvalue weighted by Crippen LogP contribution is 2.43. The molecule has 0 bridgehead atoms. The molecule has 0 radical (unpaired) electrons. The Morgan fingerprint density at radius 3 is 1.74 bits per heavy atom. The second-order valence-corrected chi connectivity index (χ2v) is 11.2. The molecule has 0 amide bonds. The van der Waals surface area contributed by atoms with Gasteiger partial charge in [-0.15, -0.1) is 0 Å². The minimum atomic E-state index is -5.26. The van der Waals surface area contributed by atoms with E-state index in [1.54, 1.807) is 6.92 Å². The van der Waals surface area contributed by atoms with Gasteiger partial charge in [0.2, 0.25) is 0 Å². The highest BCUT2D eigenvalue weighted by molar-refractivity contribution is 5.71. The highest BCUT2D eigenvalue weighted by Gasteiger charge is 2.38. The fraction of sp³-hybridized carbons (Fsp3) is 0.548. The molecule has 4 rings (SSSR count). The van der Waals surface area contributed by atoms with E-state index in [4.69, 9.17) is 0 Å². The molecule has 38 heavy (non-hydrogen) atoms. The lowest BCUT2D eigenvalue weighted by molar-refractivity contribution is -0.142. The molecular formula is C31H35F7. The normalized spacial score (nSPS) is 25.0. The van der Waals surface area contributed by atoms with Crippen LogP contribution in [0.2, 0.25) is 0 Å². The summed E-state index contributed by atoms with van der Waals surface area (Å²) in [5.74, 6) is -3.25. The number of allylic oxidation sites excluding steroid dienone is 2. The summed E-state index contributed by atoms with van der Waals surface area (Å²) in [6, 6.07) is 2.76. The van der Waals surface area contributed by atoms with E-state index in [9.17, 15) is 30.7 Å². The lowest BCUT2D eigenvalue weighted by Gasteiger charge is -2.37. The predicted molar refractivity (Wildman–Crippen MR) is 136 cm³/mol. The minimum absolute atomic E-state index is 0.299. The SMILES string of the molecule is CCCC1CCC(C2CCC(C=C(C)c3cc(F)c(-c4cc(F)c(C(F)(F)F)c(F)c4)c(F)c3)CC2)CC1. The maximum absolute atomic E-state index is 14.9. The van der Waals surface area contributed by atoms with Crippen molar-refractivity contribution in [2.45, 2.75) is 84.2 Å². The molecule has 0 heterocycles. The van der Waals surface area contributed by atoms with Crippen molar-refractivity contribution < 1.29 is 30.7 Å². The maximum Gasteiger partial charge on any atom is 0.422 e. The van der Waals surface area contributed by atoms with Crippen LogP contribution in [0.1, 0.15) is 89.2 Å². The van der Waals surface area contributed by atoms with Crippen LogP contribution in [0.5, 0.6) is 0 Å². The van der Waals surface area contributed by atoms with Crippen molar-refractivity contribution in [1.82, 2.24) is 0 Å². The number of halogens is 7. The smallest absolute Gasteiger partial charge is 0.206 e. The fourth-order valence-electron chi connectivity index (χ4n) is 6.65. The number of hydrogen-bond donors (Lipinski definition) is 0. The van der Waals surface area contributed by atoms with E-state index in [2.05, 4.69) is 6.92 Å². The standard InChI is InChI=1S/C31H35F7/c1-3-4-19-5-9-21(10-6-19)22-11-7-20(8-12-22)13-18(2)23-14-25(32)29(26(33)15-23)24-16-27(34)30(28(35)17-24)31(36,37)38/h13-17,19-22H,3-12H2,1-2H3. The van der Waals surface area contributed by atoms with Gasteiger partial charge < -0.3 is 0 Å². The van der Waals surface area contributed by atoms with Gasteiger partial charge in [-0.1, -0.05) is 38.7 Å². The number of rotatable bonds is 6. The molecule has 0 nitrogen and oxygen atoms in total. The lowest BCUT2D eigenvalue weighted by atomic mass is 9.68. The molecule has 208 valence electrons. The van der Waals surface area contributed by atoms with Crippen LogP contribution in [0.3, 0.4) is 0 Å². The summed E-state index contributed by atoms with van der Waals surface area (Å²) in [4.78, 5) is 0. The Hall–Kier alpha value is -2.31. The third-order valence-electron chi connectivity index (χ3n) is 8.67. The summed E-state index contributed by atoms with van der Waals surface area (Å²) in [6.45, 7) is 4.02. The van der Waals surface area contributed by atoms with Crippen LogP contribution in [-0.4, -0.2) is 0 Å². The fourth-order valence-corrected chi connectivity index (χ4v) is 6.65. The van der Waals surface area contributed by atoms with Gasteiger partial charge >= 0.3 is 6.18 Å².